The van der Waals surface area contributed by atoms with Crippen molar-refractivity contribution in [1.82, 2.24) is 15.6 Å². The molecule has 0 bridgehead atoms. The highest BCUT2D eigenvalue weighted by molar-refractivity contribution is 5.89. The van der Waals surface area contributed by atoms with Gasteiger partial charge in [0.25, 0.3) is 0 Å². The number of rotatable bonds is 15. The monoisotopic (exact) mass is 523 g/mol. The first kappa shape index (κ1) is 29.0. The highest BCUT2D eigenvalue weighted by atomic mass is 17.1. The van der Waals surface area contributed by atoms with Gasteiger partial charge >= 0.3 is 11.9 Å². The Hall–Kier alpha value is -2.61. The van der Waals surface area contributed by atoms with Gasteiger partial charge in [0.15, 0.2) is 0 Å². The number of fused-ring (bicyclic) bond motifs is 1. The number of hydrogen-bond acceptors (Lipinski definition) is 10. The summed E-state index contributed by atoms with van der Waals surface area (Å²) in [6.45, 7) is 1.66. The van der Waals surface area contributed by atoms with Crippen LogP contribution in [0.15, 0.2) is 30.3 Å². The lowest BCUT2D eigenvalue weighted by molar-refractivity contribution is -0.493. The molecule has 1 aliphatic heterocycles. The lowest BCUT2D eigenvalue weighted by Gasteiger charge is -2.32. The molecule has 5 unspecified atom stereocenters. The van der Waals surface area contributed by atoms with Crippen LogP contribution < -0.4 is 5.32 Å². The van der Waals surface area contributed by atoms with Crippen molar-refractivity contribution in [2.45, 2.75) is 69.6 Å². The molecule has 1 aromatic rings. The second-order valence-corrected chi connectivity index (χ2v) is 9.42. The zero-order valence-corrected chi connectivity index (χ0v) is 21.0. The van der Waals surface area contributed by atoms with Gasteiger partial charge < -0.3 is 19.5 Å². The number of carboxylic acid groups (broad SMARTS) is 1. The maximum Gasteiger partial charge on any atom is 0.328 e. The van der Waals surface area contributed by atoms with Crippen LogP contribution in [0.5, 0.6) is 0 Å². The standard InChI is InChI=1S/C25H37N3O9/c1-17(26-20(24(30)31)11-10-18-6-3-2-4-7-18)23(29)27-21-9-5-8-19(21)16-22(27)25(32)36-14-12-35-13-15-37-28(33)34/h2-4,6-7,17,19-22,26,33-34H,5,8-16H2,1H3,(H,30,31). The fourth-order valence-electron chi connectivity index (χ4n) is 5.22. The lowest BCUT2D eigenvalue weighted by atomic mass is 10.0. The molecule has 37 heavy (non-hydrogen) atoms. The highest BCUT2D eigenvalue weighted by Gasteiger charge is 2.50. The SMILES string of the molecule is CC(NC(CCc1ccccc1)C(=O)O)C(=O)N1C(C(=O)OCCOCCON(O)O)CC2CCCC21. The van der Waals surface area contributed by atoms with E-state index in [0.29, 0.717) is 19.3 Å². The molecule has 1 aromatic carbocycles. The lowest BCUT2D eigenvalue weighted by Crippen LogP contribution is -2.55. The van der Waals surface area contributed by atoms with E-state index in [1.165, 1.54) is 0 Å². The van der Waals surface area contributed by atoms with E-state index in [2.05, 4.69) is 10.2 Å². The molecule has 1 amide bonds. The quantitative estimate of drug-likeness (QED) is 0.150. The molecule has 4 N–H and O–H groups in total. The summed E-state index contributed by atoms with van der Waals surface area (Å²) in [5.74, 6) is -1.61. The molecule has 12 nitrogen and oxygen atoms in total. The number of nitrogens with zero attached hydrogens (tertiary/aromatic N) is 2. The van der Waals surface area contributed by atoms with Gasteiger partial charge in [-0.2, -0.15) is 0 Å². The molecule has 206 valence electrons. The summed E-state index contributed by atoms with van der Waals surface area (Å²) in [6, 6.07) is 7.10. The van der Waals surface area contributed by atoms with Gasteiger partial charge in [-0.25, -0.2) is 9.63 Å². The number of likely N-dealkylation sites (tertiary alicyclic amines) is 1. The van der Waals surface area contributed by atoms with E-state index in [9.17, 15) is 19.5 Å². The third-order valence-electron chi connectivity index (χ3n) is 6.96. The van der Waals surface area contributed by atoms with E-state index in [1.807, 2.05) is 30.3 Å². The normalized spacial score (nSPS) is 22.6. The van der Waals surface area contributed by atoms with Gasteiger partial charge in [0.1, 0.15) is 18.7 Å². The molecular weight excluding hydrogens is 486 g/mol. The summed E-state index contributed by atoms with van der Waals surface area (Å²) < 4.78 is 10.6. The van der Waals surface area contributed by atoms with Crippen LogP contribution in [-0.4, -0.2) is 94.3 Å². The van der Waals surface area contributed by atoms with Crippen LogP contribution in [0.2, 0.25) is 0 Å². The predicted molar refractivity (Wildman–Crippen MR) is 128 cm³/mol. The second-order valence-electron chi connectivity index (χ2n) is 9.42. The van der Waals surface area contributed by atoms with Crippen molar-refractivity contribution in [2.24, 2.45) is 5.92 Å². The van der Waals surface area contributed by atoms with Crippen LogP contribution in [0.25, 0.3) is 0 Å². The minimum Gasteiger partial charge on any atom is -0.480 e. The number of carbonyl (C=O) groups is 3. The molecule has 3 rings (SSSR count). The number of aliphatic carboxylic acids is 1. The summed E-state index contributed by atoms with van der Waals surface area (Å²) in [5.41, 5.74) is 1.02. The Morgan fingerprint density at radius 3 is 2.54 bits per heavy atom. The smallest absolute Gasteiger partial charge is 0.328 e. The Labute approximate surface area is 215 Å². The van der Waals surface area contributed by atoms with Crippen LogP contribution in [0, 0.1) is 5.92 Å². The Kier molecular flexibility index (Phi) is 11.2. The summed E-state index contributed by atoms with van der Waals surface area (Å²) in [5, 5.41) is 29.2. The van der Waals surface area contributed by atoms with E-state index >= 15 is 0 Å². The average Bonchev–Trinajstić information content (AvgIpc) is 3.47. The fraction of sp³-hybridized carbons (Fsp3) is 0.640. The van der Waals surface area contributed by atoms with Gasteiger partial charge in [0.2, 0.25) is 5.91 Å². The molecule has 0 aromatic heterocycles. The van der Waals surface area contributed by atoms with E-state index in [0.717, 1.165) is 24.8 Å². The number of carbonyl (C=O) groups excluding carboxylic acids is 2. The zero-order chi connectivity index (χ0) is 26.8. The first-order chi connectivity index (χ1) is 17.8. The van der Waals surface area contributed by atoms with Gasteiger partial charge in [0.05, 0.1) is 31.3 Å². The van der Waals surface area contributed by atoms with Gasteiger partial charge in [-0.1, -0.05) is 36.8 Å². The first-order valence-corrected chi connectivity index (χ1v) is 12.7. The largest absolute Gasteiger partial charge is 0.480 e. The van der Waals surface area contributed by atoms with E-state index in [4.69, 9.17) is 19.9 Å². The Morgan fingerprint density at radius 2 is 1.84 bits per heavy atom. The van der Waals surface area contributed by atoms with Gasteiger partial charge in [-0.15, -0.1) is 0 Å². The van der Waals surface area contributed by atoms with Crippen molar-refractivity contribution >= 4 is 17.8 Å². The number of carboxylic acids is 1. The zero-order valence-electron chi connectivity index (χ0n) is 21.0. The van der Waals surface area contributed by atoms with Crippen molar-refractivity contribution in [3.8, 4) is 0 Å². The van der Waals surface area contributed by atoms with Crippen LogP contribution in [0.3, 0.4) is 0 Å². The fourth-order valence-corrected chi connectivity index (χ4v) is 5.22. The minimum atomic E-state index is -1.03. The molecule has 0 spiro atoms. The van der Waals surface area contributed by atoms with E-state index < -0.39 is 35.5 Å². The van der Waals surface area contributed by atoms with Crippen LogP contribution in [0.4, 0.5) is 0 Å². The van der Waals surface area contributed by atoms with Gasteiger partial charge in [-0.3, -0.25) is 25.3 Å². The summed E-state index contributed by atoms with van der Waals surface area (Å²) >= 11 is 0. The average molecular weight is 524 g/mol. The number of hydrogen-bond donors (Lipinski definition) is 4. The van der Waals surface area contributed by atoms with Crippen molar-refractivity contribution in [3.05, 3.63) is 35.9 Å². The highest BCUT2D eigenvalue weighted by Crippen LogP contribution is 2.42. The molecule has 1 saturated carbocycles. The first-order valence-electron chi connectivity index (χ1n) is 12.7. The van der Waals surface area contributed by atoms with E-state index in [-0.39, 0.29) is 44.3 Å². The summed E-state index contributed by atoms with van der Waals surface area (Å²) in [7, 11) is 0. The van der Waals surface area contributed by atoms with Crippen molar-refractivity contribution in [2.75, 3.05) is 26.4 Å². The minimum absolute atomic E-state index is 0.0248. The van der Waals surface area contributed by atoms with Gasteiger partial charge in [0, 0.05) is 6.04 Å². The number of benzene rings is 1. The van der Waals surface area contributed by atoms with Crippen LogP contribution in [0.1, 0.15) is 44.6 Å². The predicted octanol–water partition coefficient (Wildman–Crippen LogP) is 1.39. The van der Waals surface area contributed by atoms with Crippen molar-refractivity contribution in [1.29, 1.82) is 0 Å². The van der Waals surface area contributed by atoms with Gasteiger partial charge in [-0.05, 0) is 50.5 Å². The molecule has 2 fully saturated rings. The van der Waals surface area contributed by atoms with Crippen LogP contribution >= 0.6 is 0 Å². The number of ether oxygens (including phenoxy) is 2. The summed E-state index contributed by atoms with van der Waals surface area (Å²) in [4.78, 5) is 44.3. The van der Waals surface area contributed by atoms with Crippen molar-refractivity contribution in [3.63, 3.8) is 0 Å². The Morgan fingerprint density at radius 1 is 1.11 bits per heavy atom. The molecule has 0 radical (unpaired) electrons. The third kappa shape index (κ3) is 8.45. The number of nitrogens with one attached hydrogen (secondary N) is 1. The topological polar surface area (TPSA) is 158 Å². The van der Waals surface area contributed by atoms with Crippen molar-refractivity contribution < 1.29 is 44.2 Å². The number of esters is 1. The molecule has 1 heterocycles. The third-order valence-corrected chi connectivity index (χ3v) is 6.96. The molecule has 5 atom stereocenters. The molecule has 2 aliphatic rings. The number of amides is 1. The molecular formula is C25H37N3O9. The molecule has 1 saturated heterocycles. The number of aryl methyl sites for hydroxylation is 1. The Bertz CT molecular complexity index is 885. The molecule has 12 heteroatoms. The maximum absolute atomic E-state index is 13.5. The van der Waals surface area contributed by atoms with E-state index in [1.54, 1.807) is 11.8 Å². The maximum atomic E-state index is 13.5. The second kappa shape index (κ2) is 14.4. The van der Waals surface area contributed by atoms with Crippen LogP contribution in [-0.2, 0) is 35.1 Å². The molecule has 1 aliphatic carbocycles. The Balaban J connectivity index is 1.54. The summed E-state index contributed by atoms with van der Waals surface area (Å²) in [6.07, 6.45) is 4.13.